The number of halogens is 1. The molecule has 0 spiro atoms. The van der Waals surface area contributed by atoms with Crippen LogP contribution in [0.15, 0.2) is 22.7 Å². The van der Waals surface area contributed by atoms with E-state index in [1.54, 1.807) is 23.9 Å². The van der Waals surface area contributed by atoms with Crippen molar-refractivity contribution in [2.45, 2.75) is 12.2 Å². The molecule has 0 aromatic heterocycles. The van der Waals surface area contributed by atoms with Crippen molar-refractivity contribution < 1.29 is 14.7 Å². The van der Waals surface area contributed by atoms with Gasteiger partial charge in [-0.3, -0.25) is 4.79 Å². The van der Waals surface area contributed by atoms with Crippen molar-refractivity contribution in [2.75, 3.05) is 12.8 Å². The lowest BCUT2D eigenvalue weighted by molar-refractivity contribution is 0.0690. The van der Waals surface area contributed by atoms with Crippen molar-refractivity contribution >= 4 is 39.6 Å². The molecule has 0 heterocycles. The number of carboxylic acid groups (broad SMARTS) is 1. The molecule has 0 saturated carbocycles. The molecule has 0 fully saturated rings. The van der Waals surface area contributed by atoms with Gasteiger partial charge < -0.3 is 10.4 Å². The Labute approximate surface area is 118 Å². The highest BCUT2D eigenvalue weighted by Crippen LogP contribution is 2.20. The van der Waals surface area contributed by atoms with Gasteiger partial charge in [-0.2, -0.15) is 11.8 Å². The molecule has 4 nitrogen and oxygen atoms in total. The molecule has 6 heteroatoms. The van der Waals surface area contributed by atoms with E-state index in [2.05, 4.69) is 21.2 Å². The van der Waals surface area contributed by atoms with Gasteiger partial charge in [0.25, 0.3) is 5.91 Å². The van der Waals surface area contributed by atoms with Gasteiger partial charge in [0.2, 0.25) is 0 Å². The van der Waals surface area contributed by atoms with Gasteiger partial charge in [-0.05, 0) is 34.3 Å². The quantitative estimate of drug-likeness (QED) is 0.870. The van der Waals surface area contributed by atoms with Crippen LogP contribution in [0.3, 0.4) is 0 Å². The number of carboxylic acids is 1. The first kappa shape index (κ1) is 15.0. The van der Waals surface area contributed by atoms with Crippen LogP contribution in [0.2, 0.25) is 0 Å². The molecule has 2 N–H and O–H groups in total. The molecule has 0 aliphatic rings. The highest BCUT2D eigenvalue weighted by atomic mass is 79.9. The van der Waals surface area contributed by atoms with Gasteiger partial charge in [-0.15, -0.1) is 0 Å². The lowest BCUT2D eigenvalue weighted by atomic mass is 10.1. The van der Waals surface area contributed by atoms with Crippen LogP contribution >= 0.6 is 27.7 Å². The summed E-state index contributed by atoms with van der Waals surface area (Å²) in [6.45, 7) is 2.50. The molecule has 1 amide bonds. The lowest BCUT2D eigenvalue weighted by Crippen LogP contribution is -2.30. The third-order valence-corrected chi connectivity index (χ3v) is 4.06. The zero-order valence-electron chi connectivity index (χ0n) is 10.1. The maximum Gasteiger partial charge on any atom is 0.337 e. The van der Waals surface area contributed by atoms with E-state index in [1.165, 1.54) is 6.07 Å². The summed E-state index contributed by atoms with van der Waals surface area (Å²) in [6, 6.07) is 4.75. The van der Waals surface area contributed by atoms with Crippen LogP contribution in [-0.4, -0.2) is 35.0 Å². The van der Waals surface area contributed by atoms with Gasteiger partial charge >= 0.3 is 5.97 Å². The largest absolute Gasteiger partial charge is 0.478 e. The molecule has 1 aromatic carbocycles. The lowest BCUT2D eigenvalue weighted by Gasteiger charge is -2.11. The van der Waals surface area contributed by atoms with Crippen molar-refractivity contribution in [3.8, 4) is 0 Å². The standard InChI is InChI=1S/C12H14BrNO3S/c1-7(18-2)6-14-11(15)8-4-3-5-9(13)10(8)12(16)17/h3-5,7H,6H2,1-2H3,(H,14,15)(H,16,17). The van der Waals surface area contributed by atoms with E-state index in [0.29, 0.717) is 11.0 Å². The van der Waals surface area contributed by atoms with Crippen LogP contribution in [0.25, 0.3) is 0 Å². The van der Waals surface area contributed by atoms with Crippen molar-refractivity contribution in [3.63, 3.8) is 0 Å². The third-order valence-electron chi connectivity index (χ3n) is 2.42. The topological polar surface area (TPSA) is 66.4 Å². The minimum Gasteiger partial charge on any atom is -0.478 e. The van der Waals surface area contributed by atoms with Crippen LogP contribution in [0.4, 0.5) is 0 Å². The molecule has 0 saturated heterocycles. The highest BCUT2D eigenvalue weighted by Gasteiger charge is 2.19. The molecule has 1 atom stereocenters. The molecule has 1 unspecified atom stereocenters. The van der Waals surface area contributed by atoms with Gasteiger partial charge in [0, 0.05) is 16.3 Å². The Morgan fingerprint density at radius 2 is 2.17 bits per heavy atom. The highest BCUT2D eigenvalue weighted by molar-refractivity contribution is 9.10. The number of carbonyl (C=O) groups is 2. The number of rotatable bonds is 5. The SMILES string of the molecule is CSC(C)CNC(=O)c1cccc(Br)c1C(=O)O. The summed E-state index contributed by atoms with van der Waals surface area (Å²) >= 11 is 4.78. The fourth-order valence-electron chi connectivity index (χ4n) is 1.35. The van der Waals surface area contributed by atoms with Gasteiger partial charge in [0.1, 0.15) is 0 Å². The van der Waals surface area contributed by atoms with Crippen LogP contribution in [0, 0.1) is 0 Å². The molecule has 0 aliphatic carbocycles. The van der Waals surface area contributed by atoms with E-state index in [4.69, 9.17) is 5.11 Å². The second kappa shape index (κ2) is 6.80. The molecule has 0 radical (unpaired) electrons. The number of amides is 1. The van der Waals surface area contributed by atoms with E-state index >= 15 is 0 Å². The molecule has 1 rings (SSSR count). The van der Waals surface area contributed by atoms with E-state index in [-0.39, 0.29) is 22.3 Å². The Morgan fingerprint density at radius 3 is 2.72 bits per heavy atom. The minimum atomic E-state index is -1.12. The Kier molecular flexibility index (Phi) is 5.68. The van der Waals surface area contributed by atoms with Gasteiger partial charge in [0.15, 0.2) is 0 Å². The first-order chi connectivity index (χ1) is 8.47. The number of benzene rings is 1. The first-order valence-electron chi connectivity index (χ1n) is 5.30. The number of hydrogen-bond acceptors (Lipinski definition) is 3. The van der Waals surface area contributed by atoms with Crippen LogP contribution in [0.5, 0.6) is 0 Å². The third kappa shape index (κ3) is 3.74. The monoisotopic (exact) mass is 331 g/mol. The Balaban J connectivity index is 2.92. The Hall–Kier alpha value is -1.01. The van der Waals surface area contributed by atoms with Crippen LogP contribution < -0.4 is 5.32 Å². The second-order valence-corrected chi connectivity index (χ2v) is 5.85. The summed E-state index contributed by atoms with van der Waals surface area (Å²) < 4.78 is 0.403. The predicted molar refractivity (Wildman–Crippen MR) is 76.4 cm³/mol. The summed E-state index contributed by atoms with van der Waals surface area (Å²) in [7, 11) is 0. The van der Waals surface area contributed by atoms with E-state index in [1.807, 2.05) is 13.2 Å². The normalized spacial score (nSPS) is 11.9. The smallest absolute Gasteiger partial charge is 0.337 e. The summed E-state index contributed by atoms with van der Waals surface area (Å²) in [5.41, 5.74) is 0.164. The van der Waals surface area contributed by atoms with E-state index in [9.17, 15) is 9.59 Å². The minimum absolute atomic E-state index is 0.00759. The number of aromatic carboxylic acids is 1. The predicted octanol–water partition coefficient (Wildman–Crippen LogP) is 2.63. The number of thioether (sulfide) groups is 1. The summed E-state index contributed by atoms with van der Waals surface area (Å²) in [6.07, 6.45) is 1.96. The fourth-order valence-corrected chi connectivity index (χ4v) is 2.13. The zero-order valence-corrected chi connectivity index (χ0v) is 12.5. The van der Waals surface area contributed by atoms with Crippen molar-refractivity contribution in [3.05, 3.63) is 33.8 Å². The van der Waals surface area contributed by atoms with Crippen molar-refractivity contribution in [1.82, 2.24) is 5.32 Å². The van der Waals surface area contributed by atoms with E-state index < -0.39 is 5.97 Å². The summed E-state index contributed by atoms with van der Waals surface area (Å²) in [5, 5.41) is 12.1. The number of hydrogen-bond donors (Lipinski definition) is 2. The van der Waals surface area contributed by atoms with Gasteiger partial charge in [0.05, 0.1) is 11.1 Å². The second-order valence-electron chi connectivity index (χ2n) is 3.72. The molecule has 98 valence electrons. The van der Waals surface area contributed by atoms with Crippen molar-refractivity contribution in [1.29, 1.82) is 0 Å². The average Bonchev–Trinajstić information content (AvgIpc) is 2.34. The van der Waals surface area contributed by atoms with E-state index in [0.717, 1.165) is 0 Å². The molecular formula is C12H14BrNO3S. The number of carbonyl (C=O) groups excluding carboxylic acids is 1. The summed E-state index contributed by atoms with van der Waals surface area (Å²) in [4.78, 5) is 23.1. The summed E-state index contributed by atoms with van der Waals surface area (Å²) in [5.74, 6) is -1.49. The average molecular weight is 332 g/mol. The molecule has 1 aromatic rings. The van der Waals surface area contributed by atoms with Crippen LogP contribution in [-0.2, 0) is 0 Å². The maximum absolute atomic E-state index is 11.9. The molecular weight excluding hydrogens is 318 g/mol. The maximum atomic E-state index is 11.9. The molecule has 0 bridgehead atoms. The Morgan fingerprint density at radius 1 is 1.50 bits per heavy atom. The van der Waals surface area contributed by atoms with Crippen molar-refractivity contribution in [2.24, 2.45) is 0 Å². The van der Waals surface area contributed by atoms with Crippen LogP contribution in [0.1, 0.15) is 27.6 Å². The first-order valence-corrected chi connectivity index (χ1v) is 7.38. The molecule has 18 heavy (non-hydrogen) atoms. The van der Waals surface area contributed by atoms with Gasteiger partial charge in [-0.1, -0.05) is 13.0 Å². The number of nitrogens with one attached hydrogen (secondary N) is 1. The van der Waals surface area contributed by atoms with Gasteiger partial charge in [-0.25, -0.2) is 4.79 Å². The Bertz CT molecular complexity index is 465. The zero-order chi connectivity index (χ0) is 13.7. The fraction of sp³-hybridized carbons (Fsp3) is 0.333. The molecule has 0 aliphatic heterocycles.